The van der Waals surface area contributed by atoms with Crippen molar-refractivity contribution in [1.82, 2.24) is 5.43 Å². The zero-order valence-corrected chi connectivity index (χ0v) is 18.6. The van der Waals surface area contributed by atoms with Gasteiger partial charge in [-0.2, -0.15) is 5.10 Å². The highest BCUT2D eigenvalue weighted by atomic mass is 79.9. The molecule has 1 N–H and O–H groups in total. The monoisotopic (exact) mass is 486 g/mol. The van der Waals surface area contributed by atoms with Gasteiger partial charge in [0.2, 0.25) is 0 Å². The molecule has 0 aliphatic heterocycles. The molecule has 7 heteroatoms. The van der Waals surface area contributed by atoms with E-state index in [2.05, 4.69) is 26.5 Å². The van der Waals surface area contributed by atoms with Gasteiger partial charge in [-0.25, -0.2) is 5.43 Å². The van der Waals surface area contributed by atoms with Crippen molar-refractivity contribution in [1.29, 1.82) is 0 Å². The molecule has 0 aliphatic rings. The lowest BCUT2D eigenvalue weighted by Gasteiger charge is -2.10. The number of hydrazone groups is 1. The second kappa shape index (κ2) is 10.8. The van der Waals surface area contributed by atoms with E-state index >= 15 is 0 Å². The number of hydrogen-bond acceptors (Lipinski definition) is 4. The number of halogens is 2. The van der Waals surface area contributed by atoms with Gasteiger partial charge in [0.15, 0.2) is 0 Å². The maximum absolute atomic E-state index is 12.3. The fourth-order valence-corrected chi connectivity index (χ4v) is 3.03. The maximum Gasteiger partial charge on any atom is 0.271 e. The highest BCUT2D eigenvalue weighted by molar-refractivity contribution is 9.10. The first-order valence-electron chi connectivity index (χ1n) is 9.28. The van der Waals surface area contributed by atoms with E-state index in [1.165, 1.54) is 6.21 Å². The summed E-state index contributed by atoms with van der Waals surface area (Å²) in [4.78, 5) is 12.3. The molecule has 0 radical (unpaired) electrons. The number of nitrogens with zero attached hydrogens (tertiary/aromatic N) is 1. The fraction of sp³-hybridized carbons (Fsp3) is 0.130. The Labute approximate surface area is 188 Å². The number of amides is 1. The lowest BCUT2D eigenvalue weighted by molar-refractivity contribution is 0.0955. The van der Waals surface area contributed by atoms with Gasteiger partial charge >= 0.3 is 0 Å². The predicted octanol–water partition coefficient (Wildman–Crippen LogP) is 5.84. The van der Waals surface area contributed by atoms with Gasteiger partial charge in [-0.15, -0.1) is 0 Å². The molecular formula is C23H20BrClN2O3. The molecule has 0 atom stereocenters. The molecule has 1 amide bonds. The number of benzene rings is 3. The smallest absolute Gasteiger partial charge is 0.271 e. The molecule has 0 aliphatic carbocycles. The van der Waals surface area contributed by atoms with Gasteiger partial charge in [-0.05, 0) is 67.1 Å². The molecule has 0 bridgehead atoms. The average molecular weight is 488 g/mol. The zero-order chi connectivity index (χ0) is 21.3. The molecular weight excluding hydrogens is 468 g/mol. The summed E-state index contributed by atoms with van der Waals surface area (Å²) in [6.07, 6.45) is 1.51. The van der Waals surface area contributed by atoms with Crippen LogP contribution in [-0.2, 0) is 6.61 Å². The normalized spacial score (nSPS) is 10.8. The largest absolute Gasteiger partial charge is 0.494 e. The van der Waals surface area contributed by atoms with Crippen molar-refractivity contribution in [2.24, 2.45) is 5.10 Å². The molecule has 154 valence electrons. The van der Waals surface area contributed by atoms with Crippen molar-refractivity contribution in [2.75, 3.05) is 6.61 Å². The van der Waals surface area contributed by atoms with E-state index in [0.29, 0.717) is 40.9 Å². The zero-order valence-electron chi connectivity index (χ0n) is 16.3. The van der Waals surface area contributed by atoms with Gasteiger partial charge in [-0.1, -0.05) is 39.7 Å². The second-order valence-corrected chi connectivity index (χ2v) is 7.61. The standard InChI is InChI=1S/C23H20BrClN2O3/c1-2-29-21-10-5-17(6-11-21)23(28)27-26-14-18-13-20(25)9-12-22(18)30-15-16-3-7-19(24)8-4-16/h3-14H,2,15H2,1H3,(H,27,28)/b26-14-. The Hall–Kier alpha value is -2.83. The Balaban J connectivity index is 1.64. The van der Waals surface area contributed by atoms with Crippen molar-refractivity contribution in [3.8, 4) is 11.5 Å². The summed E-state index contributed by atoms with van der Waals surface area (Å²) < 4.78 is 12.3. The third kappa shape index (κ3) is 6.34. The van der Waals surface area contributed by atoms with Gasteiger partial charge in [0.05, 0.1) is 12.8 Å². The topological polar surface area (TPSA) is 59.9 Å². The Kier molecular flexibility index (Phi) is 7.88. The number of hydrogen-bond donors (Lipinski definition) is 1. The Morgan fingerprint density at radius 3 is 2.50 bits per heavy atom. The van der Waals surface area contributed by atoms with Crippen molar-refractivity contribution in [3.05, 3.63) is 92.9 Å². The van der Waals surface area contributed by atoms with Crippen LogP contribution in [0.1, 0.15) is 28.4 Å². The summed E-state index contributed by atoms with van der Waals surface area (Å²) in [5.41, 5.74) is 4.68. The number of carbonyl (C=O) groups is 1. The van der Waals surface area contributed by atoms with E-state index in [9.17, 15) is 4.79 Å². The van der Waals surface area contributed by atoms with E-state index in [0.717, 1.165) is 10.0 Å². The first-order chi connectivity index (χ1) is 14.5. The first kappa shape index (κ1) is 21.9. The van der Waals surface area contributed by atoms with Crippen LogP contribution >= 0.6 is 27.5 Å². The SMILES string of the molecule is CCOc1ccc(C(=O)N/N=C\c2cc(Cl)ccc2OCc2ccc(Br)cc2)cc1. The third-order valence-corrected chi connectivity index (χ3v) is 4.84. The average Bonchev–Trinajstić information content (AvgIpc) is 2.75. The molecule has 3 aromatic carbocycles. The van der Waals surface area contributed by atoms with Gasteiger partial charge in [0.1, 0.15) is 18.1 Å². The highest BCUT2D eigenvalue weighted by Crippen LogP contribution is 2.23. The highest BCUT2D eigenvalue weighted by Gasteiger charge is 2.06. The lowest BCUT2D eigenvalue weighted by atomic mass is 10.2. The van der Waals surface area contributed by atoms with Crippen LogP contribution in [0.25, 0.3) is 0 Å². The molecule has 0 spiro atoms. The molecule has 0 saturated carbocycles. The van der Waals surface area contributed by atoms with Crippen LogP contribution < -0.4 is 14.9 Å². The number of carbonyl (C=O) groups excluding carboxylic acids is 1. The minimum absolute atomic E-state index is 0.325. The van der Waals surface area contributed by atoms with Crippen LogP contribution in [0.2, 0.25) is 5.02 Å². The van der Waals surface area contributed by atoms with Crippen molar-refractivity contribution >= 4 is 39.7 Å². The molecule has 0 heterocycles. The Morgan fingerprint density at radius 2 is 1.80 bits per heavy atom. The lowest BCUT2D eigenvalue weighted by Crippen LogP contribution is -2.17. The minimum Gasteiger partial charge on any atom is -0.494 e. The van der Waals surface area contributed by atoms with Gasteiger partial charge in [0.25, 0.3) is 5.91 Å². The molecule has 0 unspecified atom stereocenters. The number of nitrogens with one attached hydrogen (secondary N) is 1. The van der Waals surface area contributed by atoms with Crippen LogP contribution in [0.3, 0.4) is 0 Å². The quantitative estimate of drug-likeness (QED) is 0.320. The molecule has 3 aromatic rings. The summed E-state index contributed by atoms with van der Waals surface area (Å²) in [6.45, 7) is 2.87. The summed E-state index contributed by atoms with van der Waals surface area (Å²) in [7, 11) is 0. The van der Waals surface area contributed by atoms with Crippen molar-refractivity contribution in [3.63, 3.8) is 0 Å². The molecule has 3 rings (SSSR count). The molecule has 5 nitrogen and oxygen atoms in total. The first-order valence-corrected chi connectivity index (χ1v) is 10.5. The van der Waals surface area contributed by atoms with E-state index in [1.807, 2.05) is 31.2 Å². The number of rotatable bonds is 8. The minimum atomic E-state index is -0.325. The van der Waals surface area contributed by atoms with Gasteiger partial charge in [-0.3, -0.25) is 4.79 Å². The summed E-state index contributed by atoms with van der Waals surface area (Å²) in [5, 5.41) is 4.59. The summed E-state index contributed by atoms with van der Waals surface area (Å²) >= 11 is 9.52. The van der Waals surface area contributed by atoms with E-state index in [1.54, 1.807) is 42.5 Å². The van der Waals surface area contributed by atoms with Crippen LogP contribution in [0.4, 0.5) is 0 Å². The van der Waals surface area contributed by atoms with E-state index in [4.69, 9.17) is 21.1 Å². The van der Waals surface area contributed by atoms with Crippen molar-refractivity contribution in [2.45, 2.75) is 13.5 Å². The second-order valence-electron chi connectivity index (χ2n) is 6.25. The van der Waals surface area contributed by atoms with Crippen molar-refractivity contribution < 1.29 is 14.3 Å². The van der Waals surface area contributed by atoms with Crippen LogP contribution in [0, 0.1) is 0 Å². The molecule has 0 fully saturated rings. The Morgan fingerprint density at radius 1 is 1.07 bits per heavy atom. The van der Waals surface area contributed by atoms with E-state index < -0.39 is 0 Å². The molecule has 0 aromatic heterocycles. The molecule has 30 heavy (non-hydrogen) atoms. The van der Waals surface area contributed by atoms with E-state index in [-0.39, 0.29) is 5.91 Å². The predicted molar refractivity (Wildman–Crippen MR) is 123 cm³/mol. The fourth-order valence-electron chi connectivity index (χ4n) is 2.59. The Bertz CT molecular complexity index is 1020. The number of ether oxygens (including phenoxy) is 2. The van der Waals surface area contributed by atoms with Gasteiger partial charge < -0.3 is 9.47 Å². The molecule has 0 saturated heterocycles. The van der Waals surface area contributed by atoms with Gasteiger partial charge in [0, 0.05) is 20.6 Å². The third-order valence-electron chi connectivity index (χ3n) is 4.08. The van der Waals surface area contributed by atoms with Crippen LogP contribution in [0.5, 0.6) is 11.5 Å². The summed E-state index contributed by atoms with van der Waals surface area (Å²) in [5.74, 6) is 0.999. The maximum atomic E-state index is 12.3. The van der Waals surface area contributed by atoms with Crippen LogP contribution in [0.15, 0.2) is 76.3 Å². The van der Waals surface area contributed by atoms with Crippen LogP contribution in [-0.4, -0.2) is 18.7 Å². The summed E-state index contributed by atoms with van der Waals surface area (Å²) in [6, 6.07) is 20.0.